The number of esters is 1. The van der Waals surface area contributed by atoms with E-state index >= 15 is 0 Å². The lowest BCUT2D eigenvalue weighted by Crippen LogP contribution is -2.36. The van der Waals surface area contributed by atoms with Crippen molar-refractivity contribution < 1.29 is 14.3 Å². The second-order valence-corrected chi connectivity index (χ2v) is 6.35. The molecule has 0 saturated heterocycles. The molecule has 0 fully saturated rings. The summed E-state index contributed by atoms with van der Waals surface area (Å²) in [5.41, 5.74) is 3.60. The lowest BCUT2D eigenvalue weighted by Gasteiger charge is -2.23. The second-order valence-electron chi connectivity index (χ2n) is 6.35. The first kappa shape index (κ1) is 19.5. The van der Waals surface area contributed by atoms with Crippen LogP contribution < -0.4 is 4.90 Å². The van der Waals surface area contributed by atoms with Gasteiger partial charge < -0.3 is 14.5 Å². The number of rotatable bonds is 7. The van der Waals surface area contributed by atoms with Crippen LogP contribution in [0, 0.1) is 6.92 Å². The molecule has 2 rings (SSSR count). The summed E-state index contributed by atoms with van der Waals surface area (Å²) >= 11 is 0. The maximum absolute atomic E-state index is 13.0. The first-order chi connectivity index (χ1) is 12.4. The van der Waals surface area contributed by atoms with E-state index in [4.69, 9.17) is 4.74 Å². The standard InChI is InChI=1S/C21H26N2O3/c1-5-26-20(24)15-23(14-17-9-7-6-8-10-17)21(25)18-11-12-19(22(3)4)16(2)13-18/h6-13H,5,14-15H2,1-4H3. The summed E-state index contributed by atoms with van der Waals surface area (Å²) in [5, 5.41) is 0. The van der Waals surface area contributed by atoms with Crippen molar-refractivity contribution in [2.24, 2.45) is 0 Å². The normalized spacial score (nSPS) is 10.3. The molecule has 0 heterocycles. The molecular formula is C21H26N2O3. The Bertz CT molecular complexity index is 757. The number of hydrogen-bond donors (Lipinski definition) is 0. The van der Waals surface area contributed by atoms with Crippen LogP contribution in [0.4, 0.5) is 5.69 Å². The Labute approximate surface area is 155 Å². The maximum Gasteiger partial charge on any atom is 0.325 e. The fraction of sp³-hybridized carbons (Fsp3) is 0.333. The van der Waals surface area contributed by atoms with Gasteiger partial charge in [0.1, 0.15) is 6.54 Å². The number of anilines is 1. The summed E-state index contributed by atoms with van der Waals surface area (Å²) in [6, 6.07) is 15.2. The van der Waals surface area contributed by atoms with Crippen molar-refractivity contribution in [3.05, 3.63) is 65.2 Å². The molecule has 0 unspecified atom stereocenters. The van der Waals surface area contributed by atoms with Crippen molar-refractivity contribution in [2.45, 2.75) is 20.4 Å². The minimum atomic E-state index is -0.404. The smallest absolute Gasteiger partial charge is 0.325 e. The molecule has 0 radical (unpaired) electrons. The van der Waals surface area contributed by atoms with Gasteiger partial charge in [-0.25, -0.2) is 0 Å². The van der Waals surface area contributed by atoms with Crippen LogP contribution in [-0.2, 0) is 16.1 Å². The van der Waals surface area contributed by atoms with Gasteiger partial charge in [0, 0.05) is 31.9 Å². The van der Waals surface area contributed by atoms with Crippen LogP contribution in [0.5, 0.6) is 0 Å². The van der Waals surface area contributed by atoms with Gasteiger partial charge in [0.05, 0.1) is 6.61 Å². The van der Waals surface area contributed by atoms with Crippen molar-refractivity contribution in [1.29, 1.82) is 0 Å². The summed E-state index contributed by atoms with van der Waals surface area (Å²) in [5.74, 6) is -0.589. The molecule has 0 spiro atoms. The molecule has 0 aliphatic heterocycles. The minimum Gasteiger partial charge on any atom is -0.465 e. The fourth-order valence-electron chi connectivity index (χ4n) is 2.84. The van der Waals surface area contributed by atoms with Gasteiger partial charge in [-0.05, 0) is 43.2 Å². The largest absolute Gasteiger partial charge is 0.465 e. The predicted molar refractivity (Wildman–Crippen MR) is 103 cm³/mol. The van der Waals surface area contributed by atoms with E-state index in [1.807, 2.05) is 68.4 Å². The van der Waals surface area contributed by atoms with Crippen LogP contribution in [0.25, 0.3) is 0 Å². The molecule has 26 heavy (non-hydrogen) atoms. The van der Waals surface area contributed by atoms with E-state index in [0.717, 1.165) is 16.8 Å². The van der Waals surface area contributed by atoms with Gasteiger partial charge in [-0.1, -0.05) is 30.3 Å². The minimum absolute atomic E-state index is 0.0734. The first-order valence-electron chi connectivity index (χ1n) is 8.69. The number of nitrogens with zero attached hydrogens (tertiary/aromatic N) is 2. The van der Waals surface area contributed by atoms with Crippen LogP contribution in [0.2, 0.25) is 0 Å². The van der Waals surface area contributed by atoms with Crippen LogP contribution in [0.1, 0.15) is 28.4 Å². The molecule has 0 atom stereocenters. The lowest BCUT2D eigenvalue weighted by molar-refractivity contribution is -0.143. The Morgan fingerprint density at radius 2 is 1.73 bits per heavy atom. The number of benzene rings is 2. The van der Waals surface area contributed by atoms with Crippen LogP contribution in [0.15, 0.2) is 48.5 Å². The van der Waals surface area contributed by atoms with Crippen molar-refractivity contribution in [3.8, 4) is 0 Å². The summed E-state index contributed by atoms with van der Waals surface area (Å²) < 4.78 is 5.03. The van der Waals surface area contributed by atoms with Crippen molar-refractivity contribution in [3.63, 3.8) is 0 Å². The number of ether oxygens (including phenoxy) is 1. The molecular weight excluding hydrogens is 328 g/mol. The van der Waals surface area contributed by atoms with Crippen LogP contribution in [0.3, 0.4) is 0 Å². The Morgan fingerprint density at radius 3 is 2.31 bits per heavy atom. The van der Waals surface area contributed by atoms with Gasteiger partial charge in [-0.3, -0.25) is 9.59 Å². The monoisotopic (exact) mass is 354 g/mol. The van der Waals surface area contributed by atoms with Crippen LogP contribution in [-0.4, -0.2) is 44.0 Å². The number of carbonyl (C=O) groups is 2. The molecule has 0 saturated carbocycles. The van der Waals surface area contributed by atoms with Gasteiger partial charge in [-0.15, -0.1) is 0 Å². The highest BCUT2D eigenvalue weighted by atomic mass is 16.5. The third-order valence-electron chi connectivity index (χ3n) is 4.05. The van der Waals surface area contributed by atoms with E-state index in [1.54, 1.807) is 13.0 Å². The lowest BCUT2D eigenvalue weighted by atomic mass is 10.1. The van der Waals surface area contributed by atoms with E-state index in [1.165, 1.54) is 4.90 Å². The van der Waals surface area contributed by atoms with Gasteiger partial charge in [0.2, 0.25) is 0 Å². The van der Waals surface area contributed by atoms with Crippen molar-refractivity contribution in [2.75, 3.05) is 32.1 Å². The van der Waals surface area contributed by atoms with E-state index in [9.17, 15) is 9.59 Å². The molecule has 5 heteroatoms. The zero-order valence-electron chi connectivity index (χ0n) is 15.9. The third kappa shape index (κ3) is 5.09. The highest BCUT2D eigenvalue weighted by Gasteiger charge is 2.20. The molecule has 0 bridgehead atoms. The molecule has 5 nitrogen and oxygen atoms in total. The number of amides is 1. The third-order valence-corrected chi connectivity index (χ3v) is 4.05. The number of aryl methyl sites for hydroxylation is 1. The molecule has 2 aromatic carbocycles. The van der Waals surface area contributed by atoms with E-state index in [2.05, 4.69) is 0 Å². The predicted octanol–water partition coefficient (Wildman–Crippen LogP) is 3.27. The van der Waals surface area contributed by atoms with Gasteiger partial charge >= 0.3 is 5.97 Å². The topological polar surface area (TPSA) is 49.9 Å². The summed E-state index contributed by atoms with van der Waals surface area (Å²) in [6.07, 6.45) is 0. The average molecular weight is 354 g/mol. The van der Waals surface area contributed by atoms with E-state index in [0.29, 0.717) is 18.7 Å². The fourth-order valence-corrected chi connectivity index (χ4v) is 2.84. The second kappa shape index (κ2) is 9.04. The highest BCUT2D eigenvalue weighted by molar-refractivity contribution is 5.96. The Morgan fingerprint density at radius 1 is 1.04 bits per heavy atom. The zero-order valence-corrected chi connectivity index (χ0v) is 15.9. The molecule has 0 aliphatic rings. The molecule has 0 N–H and O–H groups in total. The first-order valence-corrected chi connectivity index (χ1v) is 8.69. The molecule has 2 aromatic rings. The summed E-state index contributed by atoms with van der Waals surface area (Å²) in [6.45, 7) is 4.30. The quantitative estimate of drug-likeness (QED) is 0.716. The van der Waals surface area contributed by atoms with E-state index < -0.39 is 5.97 Å². The Kier molecular flexibility index (Phi) is 6.78. The SMILES string of the molecule is CCOC(=O)CN(Cc1ccccc1)C(=O)c1ccc(N(C)C)c(C)c1. The number of carbonyl (C=O) groups excluding carboxylic acids is 2. The molecule has 1 amide bonds. The molecule has 0 aromatic heterocycles. The van der Waals surface area contributed by atoms with Gasteiger partial charge in [-0.2, -0.15) is 0 Å². The van der Waals surface area contributed by atoms with Gasteiger partial charge in [0.25, 0.3) is 5.91 Å². The van der Waals surface area contributed by atoms with Crippen LogP contribution >= 0.6 is 0 Å². The summed E-state index contributed by atoms with van der Waals surface area (Å²) in [7, 11) is 3.93. The highest BCUT2D eigenvalue weighted by Crippen LogP contribution is 2.20. The zero-order chi connectivity index (χ0) is 19.1. The Hall–Kier alpha value is -2.82. The summed E-state index contributed by atoms with van der Waals surface area (Å²) in [4.78, 5) is 28.5. The maximum atomic E-state index is 13.0. The average Bonchev–Trinajstić information content (AvgIpc) is 2.61. The van der Waals surface area contributed by atoms with E-state index in [-0.39, 0.29) is 12.5 Å². The van der Waals surface area contributed by atoms with Crippen molar-refractivity contribution >= 4 is 17.6 Å². The molecule has 0 aliphatic carbocycles. The Balaban J connectivity index is 2.26. The van der Waals surface area contributed by atoms with Crippen molar-refractivity contribution in [1.82, 2.24) is 4.90 Å². The van der Waals surface area contributed by atoms with Gasteiger partial charge in [0.15, 0.2) is 0 Å². The number of hydrogen-bond acceptors (Lipinski definition) is 4. The molecule has 138 valence electrons.